The molecule has 0 aromatic carbocycles. The van der Waals surface area contributed by atoms with E-state index in [4.69, 9.17) is 16.3 Å². The van der Waals surface area contributed by atoms with Crippen LogP contribution in [-0.4, -0.2) is 27.4 Å². The predicted octanol–water partition coefficient (Wildman–Crippen LogP) is 1.57. The number of rotatable bonds is 5. The van der Waals surface area contributed by atoms with Crippen LogP contribution in [0.15, 0.2) is 16.7 Å². The van der Waals surface area contributed by atoms with Gasteiger partial charge in [-0.05, 0) is 22.0 Å². The van der Waals surface area contributed by atoms with Gasteiger partial charge in [0.1, 0.15) is 5.15 Å². The van der Waals surface area contributed by atoms with E-state index in [-0.39, 0.29) is 6.54 Å². The first-order valence-corrected chi connectivity index (χ1v) is 6.45. The molecule has 0 aliphatic heterocycles. The molecule has 1 aromatic heterocycles. The summed E-state index contributed by atoms with van der Waals surface area (Å²) in [6.07, 6.45) is 1.12. The Balaban J connectivity index is 2.85. The summed E-state index contributed by atoms with van der Waals surface area (Å²) in [6, 6.07) is 1.62. The monoisotopic (exact) mass is 327 g/mol. The van der Waals surface area contributed by atoms with Crippen molar-refractivity contribution in [3.05, 3.63) is 27.5 Å². The number of hydrogen-bond acceptors (Lipinski definition) is 4. The van der Waals surface area contributed by atoms with Crippen LogP contribution in [0.5, 0.6) is 0 Å². The molecule has 2 unspecified atom stereocenters. The molecule has 1 N–H and O–H groups in total. The third-order valence-corrected chi connectivity index (χ3v) is 3.14. The van der Waals surface area contributed by atoms with E-state index < -0.39 is 17.4 Å². The highest BCUT2D eigenvalue weighted by molar-refractivity contribution is 9.10. The molecule has 0 spiro atoms. The molecule has 16 heavy (non-hydrogen) atoms. The Morgan fingerprint density at radius 3 is 3.06 bits per heavy atom. The van der Waals surface area contributed by atoms with Gasteiger partial charge in [0.15, 0.2) is 0 Å². The highest BCUT2D eigenvalue weighted by atomic mass is 79.9. The fraction of sp³-hybridized carbons (Fsp3) is 0.375. The van der Waals surface area contributed by atoms with E-state index in [0.717, 1.165) is 5.56 Å². The zero-order valence-electron chi connectivity index (χ0n) is 8.28. The van der Waals surface area contributed by atoms with Crippen LogP contribution in [0.1, 0.15) is 11.7 Å². The third-order valence-electron chi connectivity index (χ3n) is 1.87. The topological polar surface area (TPSA) is 74.3 Å². The molecule has 1 heterocycles. The Kier molecular flexibility index (Phi) is 5.81. The summed E-state index contributed by atoms with van der Waals surface area (Å²) < 4.78 is 28.9. The van der Waals surface area contributed by atoms with Gasteiger partial charge in [-0.25, -0.2) is 9.71 Å². The summed E-state index contributed by atoms with van der Waals surface area (Å²) in [6.45, 7) is 0.131. The third kappa shape index (κ3) is 4.08. The quantitative estimate of drug-likeness (QED) is 0.657. The zero-order chi connectivity index (χ0) is 12.1. The molecule has 8 heteroatoms. The molecule has 0 fully saturated rings. The minimum atomic E-state index is -2.32. The normalized spacial score (nSPS) is 14.8. The van der Waals surface area contributed by atoms with Gasteiger partial charge in [-0.15, -0.1) is 0 Å². The lowest BCUT2D eigenvalue weighted by Crippen LogP contribution is -2.24. The average molecular weight is 329 g/mol. The molecule has 0 amide bonds. The van der Waals surface area contributed by atoms with E-state index in [1.165, 1.54) is 13.3 Å². The van der Waals surface area contributed by atoms with Crippen LogP contribution in [0.25, 0.3) is 0 Å². The Morgan fingerprint density at radius 2 is 2.50 bits per heavy atom. The molecule has 90 valence electrons. The molecule has 1 aromatic rings. The van der Waals surface area contributed by atoms with Crippen LogP contribution in [0.2, 0.25) is 5.15 Å². The molecular weight excluding hydrogens is 320 g/mol. The van der Waals surface area contributed by atoms with Crippen molar-refractivity contribution in [2.45, 2.75) is 6.10 Å². The first-order chi connectivity index (χ1) is 7.54. The predicted molar refractivity (Wildman–Crippen MR) is 63.6 cm³/mol. The van der Waals surface area contributed by atoms with Crippen molar-refractivity contribution < 1.29 is 13.5 Å². The summed E-state index contributed by atoms with van der Waals surface area (Å²) in [5, 5.41) is 0.323. The lowest BCUT2D eigenvalue weighted by Gasteiger charge is -2.18. The molecular formula is C8H9BrClN2O3S-. The van der Waals surface area contributed by atoms with E-state index in [2.05, 4.69) is 25.6 Å². The van der Waals surface area contributed by atoms with Gasteiger partial charge < -0.3 is 9.29 Å². The van der Waals surface area contributed by atoms with Crippen molar-refractivity contribution in [1.82, 2.24) is 9.71 Å². The van der Waals surface area contributed by atoms with Gasteiger partial charge in [-0.3, -0.25) is 4.21 Å². The molecule has 0 aliphatic carbocycles. The van der Waals surface area contributed by atoms with Crippen LogP contribution < -0.4 is 4.72 Å². The molecule has 0 saturated heterocycles. The molecule has 0 radical (unpaired) electrons. The Morgan fingerprint density at radius 1 is 1.81 bits per heavy atom. The minimum absolute atomic E-state index is 0.131. The maximum absolute atomic E-state index is 10.4. The summed E-state index contributed by atoms with van der Waals surface area (Å²) in [5.74, 6) is 0. The zero-order valence-corrected chi connectivity index (χ0v) is 11.4. The van der Waals surface area contributed by atoms with Gasteiger partial charge in [-0.1, -0.05) is 11.6 Å². The number of aromatic nitrogens is 1. The van der Waals surface area contributed by atoms with Crippen LogP contribution in [0.4, 0.5) is 0 Å². The van der Waals surface area contributed by atoms with E-state index in [9.17, 15) is 8.76 Å². The number of hydrogen-bond donors (Lipinski definition) is 1. The van der Waals surface area contributed by atoms with Crippen molar-refractivity contribution in [2.75, 3.05) is 13.7 Å². The Hall–Kier alpha value is -0.0500. The maximum atomic E-state index is 10.4. The van der Waals surface area contributed by atoms with Crippen LogP contribution >= 0.6 is 27.5 Å². The number of halogens is 2. The number of nitrogens with one attached hydrogen (secondary N) is 1. The van der Waals surface area contributed by atoms with E-state index in [1.54, 1.807) is 6.07 Å². The lowest BCUT2D eigenvalue weighted by atomic mass is 10.1. The second kappa shape index (κ2) is 6.63. The summed E-state index contributed by atoms with van der Waals surface area (Å²) in [5.41, 5.74) is 0.737. The molecule has 5 nitrogen and oxygen atoms in total. The lowest BCUT2D eigenvalue weighted by molar-refractivity contribution is 0.106. The fourth-order valence-corrected chi connectivity index (χ4v) is 2.06. The van der Waals surface area contributed by atoms with Crippen molar-refractivity contribution in [1.29, 1.82) is 0 Å². The van der Waals surface area contributed by atoms with Crippen LogP contribution in [0.3, 0.4) is 0 Å². The number of ether oxygens (including phenoxy) is 1. The van der Waals surface area contributed by atoms with Crippen molar-refractivity contribution in [3.8, 4) is 0 Å². The van der Waals surface area contributed by atoms with E-state index >= 15 is 0 Å². The fourth-order valence-electron chi connectivity index (χ4n) is 1.14. The largest absolute Gasteiger partial charge is 0.760 e. The first kappa shape index (κ1) is 14.0. The van der Waals surface area contributed by atoms with E-state index in [1.807, 2.05) is 0 Å². The van der Waals surface area contributed by atoms with Crippen LogP contribution in [0, 0.1) is 0 Å². The minimum Gasteiger partial charge on any atom is -0.760 e. The summed E-state index contributed by atoms with van der Waals surface area (Å²) >= 11 is 6.73. The Labute approximate surface area is 109 Å². The summed E-state index contributed by atoms with van der Waals surface area (Å²) in [4.78, 5) is 3.87. The first-order valence-electron chi connectivity index (χ1n) is 4.21. The second-order valence-electron chi connectivity index (χ2n) is 2.84. The highest BCUT2D eigenvalue weighted by Gasteiger charge is 2.14. The SMILES string of the molecule is COC(CNS(=O)[O-])c1cc(Cl)ncc1Br. The number of methoxy groups -OCH3 is 1. The van der Waals surface area contributed by atoms with Gasteiger partial charge in [0, 0.05) is 41.2 Å². The molecule has 2 atom stereocenters. The molecule has 0 saturated carbocycles. The molecule has 0 aliphatic rings. The van der Waals surface area contributed by atoms with Crippen molar-refractivity contribution in [2.24, 2.45) is 0 Å². The van der Waals surface area contributed by atoms with Crippen molar-refractivity contribution in [3.63, 3.8) is 0 Å². The van der Waals surface area contributed by atoms with Crippen molar-refractivity contribution >= 4 is 38.8 Å². The van der Waals surface area contributed by atoms with Gasteiger partial charge in [-0.2, -0.15) is 0 Å². The number of nitrogens with zero attached hydrogens (tertiary/aromatic N) is 1. The summed E-state index contributed by atoms with van der Waals surface area (Å²) in [7, 11) is 1.49. The highest BCUT2D eigenvalue weighted by Crippen LogP contribution is 2.26. The molecule has 0 bridgehead atoms. The maximum Gasteiger partial charge on any atom is 0.129 e. The molecule has 1 rings (SSSR count). The second-order valence-corrected chi connectivity index (χ2v) is 4.84. The van der Waals surface area contributed by atoms with Gasteiger partial charge in [0.25, 0.3) is 0 Å². The standard InChI is InChI=1S/C8H10BrClN2O3S/c1-15-7(4-12-16(13)14)5-2-8(10)11-3-6(5)9/h2-3,7,12H,4H2,1H3,(H,13,14)/p-1. The smallest absolute Gasteiger partial charge is 0.129 e. The Bertz CT molecular complexity index is 394. The van der Waals surface area contributed by atoms with Crippen LogP contribution in [-0.2, 0) is 16.0 Å². The van der Waals surface area contributed by atoms with E-state index in [0.29, 0.717) is 9.63 Å². The van der Waals surface area contributed by atoms with Gasteiger partial charge in [0.2, 0.25) is 0 Å². The van der Waals surface area contributed by atoms with Gasteiger partial charge in [0.05, 0.1) is 6.10 Å². The average Bonchev–Trinajstić information content (AvgIpc) is 2.23. The number of pyridine rings is 1. The van der Waals surface area contributed by atoms with Gasteiger partial charge >= 0.3 is 0 Å².